The lowest BCUT2D eigenvalue weighted by Gasteiger charge is -2.15. The fourth-order valence-electron chi connectivity index (χ4n) is 3.36. The molecule has 0 aliphatic carbocycles. The summed E-state index contributed by atoms with van der Waals surface area (Å²) in [6, 6.07) is 18.8. The summed E-state index contributed by atoms with van der Waals surface area (Å²) in [6.07, 6.45) is 1.48. The second-order valence-electron chi connectivity index (χ2n) is 7.96. The molecule has 0 atom stereocenters. The Morgan fingerprint density at radius 1 is 1.06 bits per heavy atom. The van der Waals surface area contributed by atoms with E-state index in [-0.39, 0.29) is 5.57 Å². The number of hydrogen-bond acceptors (Lipinski definition) is 4. The number of aryl methyl sites for hydroxylation is 3. The maximum Gasteiger partial charge on any atom is 0.266 e. The van der Waals surface area contributed by atoms with Crippen molar-refractivity contribution in [2.24, 2.45) is 0 Å². The number of nitrogens with zero attached hydrogens (tertiary/aromatic N) is 1. The number of ether oxygens (including phenoxy) is 2. The lowest BCUT2D eigenvalue weighted by molar-refractivity contribution is -0.112. The van der Waals surface area contributed by atoms with Crippen molar-refractivity contribution in [2.45, 2.75) is 34.3 Å². The summed E-state index contributed by atoms with van der Waals surface area (Å²) in [5.74, 6) is 0.361. The summed E-state index contributed by atoms with van der Waals surface area (Å²) in [7, 11) is 0. The van der Waals surface area contributed by atoms with E-state index in [1.165, 1.54) is 17.2 Å². The van der Waals surface area contributed by atoms with Gasteiger partial charge in [0, 0.05) is 5.69 Å². The Hall–Kier alpha value is -3.75. The molecule has 6 heteroatoms. The molecule has 1 N–H and O–H groups in total. The zero-order chi connectivity index (χ0) is 24.7. The minimum Gasteiger partial charge on any atom is -0.490 e. The Bertz CT molecular complexity index is 1280. The van der Waals surface area contributed by atoms with E-state index in [1.54, 1.807) is 18.2 Å². The summed E-state index contributed by atoms with van der Waals surface area (Å²) in [5.41, 5.74) is 5.55. The largest absolute Gasteiger partial charge is 0.490 e. The van der Waals surface area contributed by atoms with E-state index in [9.17, 15) is 10.1 Å². The number of carbonyl (C=O) groups excluding carboxylic acids is 1. The minimum absolute atomic E-state index is 0.0520. The second kappa shape index (κ2) is 11.4. The van der Waals surface area contributed by atoms with Crippen LogP contribution in [0.15, 0.2) is 60.2 Å². The number of carbonyl (C=O) groups is 1. The molecule has 174 valence electrons. The molecule has 34 heavy (non-hydrogen) atoms. The van der Waals surface area contributed by atoms with Gasteiger partial charge in [-0.3, -0.25) is 4.79 Å². The van der Waals surface area contributed by atoms with Gasteiger partial charge in [-0.05, 0) is 85.9 Å². The van der Waals surface area contributed by atoms with Crippen LogP contribution < -0.4 is 14.8 Å². The average Bonchev–Trinajstić information content (AvgIpc) is 2.79. The smallest absolute Gasteiger partial charge is 0.266 e. The Labute approximate surface area is 205 Å². The third-order valence-corrected chi connectivity index (χ3v) is 5.52. The molecule has 0 saturated carbocycles. The summed E-state index contributed by atoms with van der Waals surface area (Å²) < 4.78 is 11.8. The van der Waals surface area contributed by atoms with Crippen molar-refractivity contribution in [3.63, 3.8) is 0 Å². The Kier molecular flexibility index (Phi) is 8.34. The van der Waals surface area contributed by atoms with Gasteiger partial charge in [0.2, 0.25) is 0 Å². The van der Waals surface area contributed by atoms with Gasteiger partial charge in [-0.2, -0.15) is 5.26 Å². The first-order valence-corrected chi connectivity index (χ1v) is 11.3. The number of halogens is 1. The maximum atomic E-state index is 12.6. The normalized spacial score (nSPS) is 11.0. The van der Waals surface area contributed by atoms with Crippen LogP contribution in [0, 0.1) is 32.1 Å². The highest BCUT2D eigenvalue weighted by Gasteiger charge is 2.15. The fraction of sp³-hybridized carbons (Fsp3) is 0.214. The lowest BCUT2D eigenvalue weighted by atomic mass is 10.1. The van der Waals surface area contributed by atoms with Crippen molar-refractivity contribution in [2.75, 3.05) is 11.9 Å². The van der Waals surface area contributed by atoms with Gasteiger partial charge < -0.3 is 14.8 Å². The van der Waals surface area contributed by atoms with E-state index in [0.717, 1.165) is 11.1 Å². The van der Waals surface area contributed by atoms with E-state index in [0.29, 0.717) is 41.0 Å². The molecule has 0 saturated heterocycles. The molecule has 0 aliphatic heterocycles. The highest BCUT2D eigenvalue weighted by atomic mass is 35.5. The zero-order valence-electron chi connectivity index (χ0n) is 19.7. The molecule has 0 bridgehead atoms. The van der Waals surface area contributed by atoms with Crippen LogP contribution in [0.2, 0.25) is 5.02 Å². The highest BCUT2D eigenvalue weighted by Crippen LogP contribution is 2.38. The van der Waals surface area contributed by atoms with Gasteiger partial charge in [-0.1, -0.05) is 41.9 Å². The summed E-state index contributed by atoms with van der Waals surface area (Å²) in [5, 5.41) is 12.7. The first kappa shape index (κ1) is 24.9. The summed E-state index contributed by atoms with van der Waals surface area (Å²) in [4.78, 5) is 12.6. The third kappa shape index (κ3) is 6.40. The Morgan fingerprint density at radius 2 is 1.85 bits per heavy atom. The predicted molar refractivity (Wildman–Crippen MR) is 136 cm³/mol. The fourth-order valence-corrected chi connectivity index (χ4v) is 3.63. The van der Waals surface area contributed by atoms with Gasteiger partial charge in [-0.25, -0.2) is 0 Å². The van der Waals surface area contributed by atoms with Gasteiger partial charge in [0.15, 0.2) is 11.5 Å². The average molecular weight is 475 g/mol. The SMILES string of the molecule is CCOc1cc(/C=C(\C#N)C(=O)Nc2cccc(C)c2)cc(Cl)c1OCc1ccc(C)c(C)c1. The second-order valence-corrected chi connectivity index (χ2v) is 8.37. The predicted octanol–water partition coefficient (Wildman–Crippen LogP) is 6.79. The van der Waals surface area contributed by atoms with Crippen LogP contribution in [0.25, 0.3) is 6.08 Å². The molecule has 3 aromatic rings. The van der Waals surface area contributed by atoms with Crippen LogP contribution in [0.4, 0.5) is 5.69 Å². The van der Waals surface area contributed by atoms with Crippen LogP contribution in [0.3, 0.4) is 0 Å². The van der Waals surface area contributed by atoms with Gasteiger partial charge in [0.25, 0.3) is 5.91 Å². The monoisotopic (exact) mass is 474 g/mol. The van der Waals surface area contributed by atoms with Crippen LogP contribution in [0.1, 0.15) is 34.7 Å². The van der Waals surface area contributed by atoms with Gasteiger partial charge in [-0.15, -0.1) is 0 Å². The molecule has 0 aromatic heterocycles. The number of nitriles is 1. The molecule has 0 unspecified atom stereocenters. The van der Waals surface area contributed by atoms with Crippen LogP contribution in [-0.2, 0) is 11.4 Å². The Morgan fingerprint density at radius 3 is 2.53 bits per heavy atom. The molecule has 0 heterocycles. The van der Waals surface area contributed by atoms with Crippen molar-refractivity contribution < 1.29 is 14.3 Å². The van der Waals surface area contributed by atoms with Crippen molar-refractivity contribution >= 4 is 29.3 Å². The van der Waals surface area contributed by atoms with Crippen molar-refractivity contribution in [1.82, 2.24) is 0 Å². The minimum atomic E-state index is -0.503. The molecular formula is C28H27ClN2O3. The lowest BCUT2D eigenvalue weighted by Crippen LogP contribution is -2.13. The number of anilines is 1. The van der Waals surface area contributed by atoms with Crippen LogP contribution in [-0.4, -0.2) is 12.5 Å². The van der Waals surface area contributed by atoms with Crippen molar-refractivity contribution in [1.29, 1.82) is 5.26 Å². The summed E-state index contributed by atoms with van der Waals surface area (Å²) in [6.45, 7) is 8.64. The standard InChI is InChI=1S/C28H27ClN2O3/c1-5-33-26-15-22(13-23(16-30)28(32)31-24-8-6-7-18(2)11-24)14-25(29)27(26)34-17-21-10-9-19(3)20(4)12-21/h6-15H,5,17H2,1-4H3,(H,31,32)/b23-13+. The van der Waals surface area contributed by atoms with Crippen molar-refractivity contribution in [3.05, 3.63) is 93.0 Å². The number of hydrogen-bond donors (Lipinski definition) is 1. The molecule has 0 spiro atoms. The quantitative estimate of drug-likeness (QED) is 0.288. The molecule has 0 radical (unpaired) electrons. The van der Waals surface area contributed by atoms with E-state index < -0.39 is 5.91 Å². The first-order valence-electron chi connectivity index (χ1n) is 11.0. The number of amides is 1. The molecule has 1 amide bonds. The third-order valence-electron chi connectivity index (χ3n) is 5.24. The van der Waals surface area contributed by atoms with E-state index in [2.05, 4.69) is 31.3 Å². The number of nitrogens with one attached hydrogen (secondary N) is 1. The molecule has 3 aromatic carbocycles. The van der Waals surface area contributed by atoms with Gasteiger partial charge in [0.1, 0.15) is 18.2 Å². The molecular weight excluding hydrogens is 448 g/mol. The molecule has 0 fully saturated rings. The van der Waals surface area contributed by atoms with Crippen LogP contribution >= 0.6 is 11.6 Å². The Balaban J connectivity index is 1.85. The van der Waals surface area contributed by atoms with Crippen LogP contribution in [0.5, 0.6) is 11.5 Å². The topological polar surface area (TPSA) is 71.3 Å². The number of benzene rings is 3. The van der Waals surface area contributed by atoms with Gasteiger partial charge >= 0.3 is 0 Å². The molecule has 3 rings (SSSR count). The first-order chi connectivity index (χ1) is 16.3. The summed E-state index contributed by atoms with van der Waals surface area (Å²) >= 11 is 6.53. The highest BCUT2D eigenvalue weighted by molar-refractivity contribution is 6.32. The number of rotatable bonds is 8. The van der Waals surface area contributed by atoms with E-state index in [4.69, 9.17) is 21.1 Å². The molecule has 5 nitrogen and oxygen atoms in total. The van der Waals surface area contributed by atoms with Crippen molar-refractivity contribution in [3.8, 4) is 17.6 Å². The zero-order valence-corrected chi connectivity index (χ0v) is 20.5. The molecule has 0 aliphatic rings. The maximum absolute atomic E-state index is 12.6. The van der Waals surface area contributed by atoms with E-state index >= 15 is 0 Å². The van der Waals surface area contributed by atoms with E-state index in [1.807, 2.05) is 44.2 Å². The van der Waals surface area contributed by atoms with Gasteiger partial charge in [0.05, 0.1) is 11.6 Å².